The molecule has 114 valence electrons. The van der Waals surface area contributed by atoms with Gasteiger partial charge < -0.3 is 10.4 Å². The minimum absolute atomic E-state index is 0.161. The van der Waals surface area contributed by atoms with Crippen LogP contribution in [0.15, 0.2) is 48.5 Å². The summed E-state index contributed by atoms with van der Waals surface area (Å²) in [5, 5.41) is 11.6. The van der Waals surface area contributed by atoms with Crippen molar-refractivity contribution in [2.24, 2.45) is 0 Å². The van der Waals surface area contributed by atoms with Gasteiger partial charge in [-0.15, -0.1) is 0 Å². The number of rotatable bonds is 5. The van der Waals surface area contributed by atoms with Crippen LogP contribution in [0, 0.1) is 5.82 Å². The average Bonchev–Trinajstić information content (AvgIpc) is 2.52. The second-order valence-electron chi connectivity index (χ2n) is 4.97. The predicted molar refractivity (Wildman–Crippen MR) is 80.1 cm³/mol. The van der Waals surface area contributed by atoms with E-state index in [-0.39, 0.29) is 18.0 Å². The van der Waals surface area contributed by atoms with E-state index >= 15 is 0 Å². The first-order valence-electron chi connectivity index (χ1n) is 6.83. The Labute approximate surface area is 127 Å². The summed E-state index contributed by atoms with van der Waals surface area (Å²) in [5.74, 6) is -2.37. The van der Waals surface area contributed by atoms with Gasteiger partial charge in [0.15, 0.2) is 0 Å². The number of hydrogen-bond acceptors (Lipinski definition) is 2. The Kier molecular flexibility index (Phi) is 4.88. The summed E-state index contributed by atoms with van der Waals surface area (Å²) in [5.41, 5.74) is 1.17. The SMILES string of the molecule is C[C@@H](C(=O)NCc1cccc(C(=O)O)c1)c1ccccc1F. The molecule has 0 unspecified atom stereocenters. The number of hydrogen-bond donors (Lipinski definition) is 2. The van der Waals surface area contributed by atoms with E-state index in [4.69, 9.17) is 5.11 Å². The summed E-state index contributed by atoms with van der Waals surface area (Å²) >= 11 is 0. The van der Waals surface area contributed by atoms with Gasteiger partial charge in [-0.25, -0.2) is 9.18 Å². The van der Waals surface area contributed by atoms with Gasteiger partial charge in [-0.05, 0) is 36.2 Å². The van der Waals surface area contributed by atoms with E-state index in [1.807, 2.05) is 0 Å². The minimum atomic E-state index is -1.02. The van der Waals surface area contributed by atoms with Gasteiger partial charge in [0.25, 0.3) is 0 Å². The van der Waals surface area contributed by atoms with Crippen molar-refractivity contribution in [2.45, 2.75) is 19.4 Å². The van der Waals surface area contributed by atoms with Crippen LogP contribution >= 0.6 is 0 Å². The molecular formula is C17H16FNO3. The molecule has 1 atom stereocenters. The predicted octanol–water partition coefficient (Wildman–Crippen LogP) is 2.94. The van der Waals surface area contributed by atoms with E-state index < -0.39 is 17.7 Å². The lowest BCUT2D eigenvalue weighted by molar-refractivity contribution is -0.122. The monoisotopic (exact) mass is 301 g/mol. The quantitative estimate of drug-likeness (QED) is 0.892. The van der Waals surface area contributed by atoms with E-state index in [1.54, 1.807) is 37.3 Å². The molecule has 1 amide bonds. The van der Waals surface area contributed by atoms with Crippen molar-refractivity contribution in [1.29, 1.82) is 0 Å². The van der Waals surface area contributed by atoms with Crippen LogP contribution in [0.5, 0.6) is 0 Å². The van der Waals surface area contributed by atoms with Crippen LogP contribution < -0.4 is 5.32 Å². The molecule has 0 aliphatic heterocycles. The Morgan fingerprint density at radius 1 is 1.18 bits per heavy atom. The molecule has 0 radical (unpaired) electrons. The highest BCUT2D eigenvalue weighted by molar-refractivity contribution is 5.87. The molecule has 2 N–H and O–H groups in total. The molecule has 2 rings (SSSR count). The van der Waals surface area contributed by atoms with Crippen LogP contribution in [0.3, 0.4) is 0 Å². The van der Waals surface area contributed by atoms with Gasteiger partial charge in [0.05, 0.1) is 11.5 Å². The summed E-state index contributed by atoms with van der Waals surface area (Å²) in [6.07, 6.45) is 0. The number of halogens is 1. The van der Waals surface area contributed by atoms with Crippen molar-refractivity contribution in [1.82, 2.24) is 5.32 Å². The van der Waals surface area contributed by atoms with Crippen molar-refractivity contribution in [3.8, 4) is 0 Å². The third-order valence-corrected chi connectivity index (χ3v) is 3.41. The standard InChI is InChI=1S/C17H16FNO3/c1-11(14-7-2-3-8-15(14)18)16(20)19-10-12-5-4-6-13(9-12)17(21)22/h2-9,11H,10H2,1H3,(H,19,20)(H,21,22)/t11-/m1/s1. The minimum Gasteiger partial charge on any atom is -0.478 e. The van der Waals surface area contributed by atoms with Crippen LogP contribution in [-0.4, -0.2) is 17.0 Å². The third kappa shape index (κ3) is 3.69. The number of aromatic carboxylic acids is 1. The maximum Gasteiger partial charge on any atom is 0.335 e. The van der Waals surface area contributed by atoms with Gasteiger partial charge in [-0.3, -0.25) is 4.79 Å². The number of benzene rings is 2. The van der Waals surface area contributed by atoms with Gasteiger partial charge in [-0.1, -0.05) is 30.3 Å². The fourth-order valence-electron chi connectivity index (χ4n) is 2.12. The summed E-state index contributed by atoms with van der Waals surface area (Å²) in [6, 6.07) is 12.5. The summed E-state index contributed by atoms with van der Waals surface area (Å²) in [7, 11) is 0. The Bertz CT molecular complexity index is 700. The van der Waals surface area contributed by atoms with Crippen LogP contribution in [0.4, 0.5) is 4.39 Å². The first-order valence-corrected chi connectivity index (χ1v) is 6.83. The maximum absolute atomic E-state index is 13.7. The maximum atomic E-state index is 13.7. The fraction of sp³-hybridized carbons (Fsp3) is 0.176. The molecule has 0 aliphatic rings. The molecule has 2 aromatic carbocycles. The van der Waals surface area contributed by atoms with Gasteiger partial charge in [0.1, 0.15) is 5.82 Å². The lowest BCUT2D eigenvalue weighted by Crippen LogP contribution is -2.28. The van der Waals surface area contributed by atoms with Crippen LogP contribution in [0.1, 0.15) is 34.3 Å². The zero-order valence-electron chi connectivity index (χ0n) is 12.0. The van der Waals surface area contributed by atoms with E-state index in [1.165, 1.54) is 18.2 Å². The molecule has 0 saturated carbocycles. The number of nitrogens with one attached hydrogen (secondary N) is 1. The molecule has 2 aromatic rings. The van der Waals surface area contributed by atoms with Crippen LogP contribution in [-0.2, 0) is 11.3 Å². The second kappa shape index (κ2) is 6.85. The Hall–Kier alpha value is -2.69. The number of carbonyl (C=O) groups is 2. The molecule has 0 aliphatic carbocycles. The van der Waals surface area contributed by atoms with Crippen molar-refractivity contribution >= 4 is 11.9 Å². The number of carbonyl (C=O) groups excluding carboxylic acids is 1. The Balaban J connectivity index is 2.02. The molecule has 0 heterocycles. The van der Waals surface area contributed by atoms with Crippen molar-refractivity contribution < 1.29 is 19.1 Å². The molecule has 0 fully saturated rings. The van der Waals surface area contributed by atoms with Crippen LogP contribution in [0.25, 0.3) is 0 Å². The van der Waals surface area contributed by atoms with Gasteiger partial charge in [0, 0.05) is 6.54 Å². The van der Waals surface area contributed by atoms with E-state index in [0.717, 1.165) is 0 Å². The Morgan fingerprint density at radius 2 is 1.91 bits per heavy atom. The lowest BCUT2D eigenvalue weighted by atomic mass is 9.99. The number of carboxylic acids is 1. The molecular weight excluding hydrogens is 285 g/mol. The first-order chi connectivity index (χ1) is 10.5. The van der Waals surface area contributed by atoms with Crippen LogP contribution in [0.2, 0.25) is 0 Å². The highest BCUT2D eigenvalue weighted by atomic mass is 19.1. The van der Waals surface area contributed by atoms with E-state index in [9.17, 15) is 14.0 Å². The normalized spacial score (nSPS) is 11.7. The smallest absolute Gasteiger partial charge is 0.335 e. The summed E-state index contributed by atoms with van der Waals surface area (Å²) < 4.78 is 13.7. The zero-order chi connectivity index (χ0) is 16.1. The second-order valence-corrected chi connectivity index (χ2v) is 4.97. The summed E-state index contributed by atoms with van der Waals surface area (Å²) in [6.45, 7) is 1.82. The van der Waals surface area contributed by atoms with Gasteiger partial charge in [-0.2, -0.15) is 0 Å². The van der Waals surface area contributed by atoms with Gasteiger partial charge in [0.2, 0.25) is 5.91 Å². The summed E-state index contributed by atoms with van der Waals surface area (Å²) in [4.78, 5) is 23.0. The fourth-order valence-corrected chi connectivity index (χ4v) is 2.12. The largest absolute Gasteiger partial charge is 0.478 e. The topological polar surface area (TPSA) is 66.4 Å². The molecule has 0 spiro atoms. The average molecular weight is 301 g/mol. The molecule has 5 heteroatoms. The Morgan fingerprint density at radius 3 is 2.59 bits per heavy atom. The highest BCUT2D eigenvalue weighted by Gasteiger charge is 2.18. The van der Waals surface area contributed by atoms with E-state index in [0.29, 0.717) is 11.1 Å². The number of carboxylic acid groups (broad SMARTS) is 1. The molecule has 0 bridgehead atoms. The number of amides is 1. The molecule has 22 heavy (non-hydrogen) atoms. The molecule has 0 aromatic heterocycles. The lowest BCUT2D eigenvalue weighted by Gasteiger charge is -2.13. The molecule has 4 nitrogen and oxygen atoms in total. The van der Waals surface area contributed by atoms with E-state index in [2.05, 4.69) is 5.32 Å². The van der Waals surface area contributed by atoms with Crippen molar-refractivity contribution in [3.63, 3.8) is 0 Å². The zero-order valence-corrected chi connectivity index (χ0v) is 12.0. The first kappa shape index (κ1) is 15.7. The van der Waals surface area contributed by atoms with Crippen molar-refractivity contribution in [2.75, 3.05) is 0 Å². The third-order valence-electron chi connectivity index (χ3n) is 3.41. The molecule has 0 saturated heterocycles. The van der Waals surface area contributed by atoms with Crippen molar-refractivity contribution in [3.05, 3.63) is 71.0 Å². The van der Waals surface area contributed by atoms with Gasteiger partial charge >= 0.3 is 5.97 Å². The highest BCUT2D eigenvalue weighted by Crippen LogP contribution is 2.18.